The fraction of sp³-hybridized carbons (Fsp3) is 0.0909. The summed E-state index contributed by atoms with van der Waals surface area (Å²) in [6.45, 7) is 0.877. The van der Waals surface area contributed by atoms with Gasteiger partial charge in [-0.15, -0.1) is 0 Å². The number of hydrogen-bond acceptors (Lipinski definition) is 9. The lowest BCUT2D eigenvalue weighted by atomic mass is 10.0. The molecule has 0 radical (unpaired) electrons. The summed E-state index contributed by atoms with van der Waals surface area (Å²) in [5, 5.41) is 18.0. The number of nitrogens with one attached hydrogen (secondary N) is 2. The van der Waals surface area contributed by atoms with Crippen molar-refractivity contribution in [3.8, 4) is 22.5 Å². The molecule has 3 aromatic heterocycles. The number of aromatic nitrogens is 4. The van der Waals surface area contributed by atoms with Crippen molar-refractivity contribution in [2.75, 3.05) is 29.5 Å². The monoisotopic (exact) mass is 496 g/mol. The molecule has 1 aromatic carbocycles. The molecule has 4 N–H and O–H groups in total. The molecule has 0 aliphatic rings. The van der Waals surface area contributed by atoms with E-state index in [1.54, 1.807) is 30.6 Å². The number of nitrogens with two attached hydrogens (primary N) is 1. The SMILES string of the molecule is Nc1nc(NCCNc2ncc(-c3ccccn3)c(-c3ccc(Cl)cc3Cl)n2)ccc1[N+](=O)[O-]. The summed E-state index contributed by atoms with van der Waals surface area (Å²) >= 11 is 12.5. The van der Waals surface area contributed by atoms with E-state index < -0.39 is 4.92 Å². The van der Waals surface area contributed by atoms with E-state index in [0.717, 1.165) is 5.56 Å². The summed E-state index contributed by atoms with van der Waals surface area (Å²) < 4.78 is 0. The van der Waals surface area contributed by atoms with Gasteiger partial charge < -0.3 is 16.4 Å². The van der Waals surface area contributed by atoms with E-state index in [0.29, 0.717) is 51.9 Å². The molecule has 4 aromatic rings. The van der Waals surface area contributed by atoms with Gasteiger partial charge in [0.1, 0.15) is 5.82 Å². The zero-order valence-electron chi connectivity index (χ0n) is 17.6. The molecule has 0 spiro atoms. The first-order valence-corrected chi connectivity index (χ1v) is 10.8. The summed E-state index contributed by atoms with van der Waals surface area (Å²) in [5.41, 5.74) is 8.11. The molecule has 0 fully saturated rings. The maximum absolute atomic E-state index is 10.9. The van der Waals surface area contributed by atoms with Crippen LogP contribution in [-0.4, -0.2) is 37.9 Å². The Balaban J connectivity index is 1.52. The highest BCUT2D eigenvalue weighted by atomic mass is 35.5. The quantitative estimate of drug-likeness (QED) is 0.175. The summed E-state index contributed by atoms with van der Waals surface area (Å²) in [5.74, 6) is 0.657. The minimum Gasteiger partial charge on any atom is -0.378 e. The number of nitrogen functional groups attached to an aromatic ring is 1. The van der Waals surface area contributed by atoms with Gasteiger partial charge in [0, 0.05) is 47.7 Å². The minimum atomic E-state index is -0.579. The van der Waals surface area contributed by atoms with Crippen molar-refractivity contribution in [3.05, 3.63) is 81.1 Å². The molecule has 10 nitrogen and oxygen atoms in total. The van der Waals surface area contributed by atoms with Crippen LogP contribution < -0.4 is 16.4 Å². The molecule has 0 bridgehead atoms. The highest BCUT2D eigenvalue weighted by Gasteiger charge is 2.16. The average molecular weight is 497 g/mol. The molecular formula is C22H18Cl2N8O2. The van der Waals surface area contributed by atoms with Crippen LogP contribution in [-0.2, 0) is 0 Å². The highest BCUT2D eigenvalue weighted by Crippen LogP contribution is 2.35. The van der Waals surface area contributed by atoms with E-state index >= 15 is 0 Å². The van der Waals surface area contributed by atoms with Crippen LogP contribution in [0.15, 0.2) is 60.9 Å². The number of benzene rings is 1. The van der Waals surface area contributed by atoms with Crippen molar-refractivity contribution < 1.29 is 4.92 Å². The Hall–Kier alpha value is -4.02. The summed E-state index contributed by atoms with van der Waals surface area (Å²) in [4.78, 5) is 27.8. The second-order valence-electron chi connectivity index (χ2n) is 7.01. The van der Waals surface area contributed by atoms with Gasteiger partial charge in [0.2, 0.25) is 11.8 Å². The molecule has 0 saturated carbocycles. The zero-order valence-corrected chi connectivity index (χ0v) is 19.1. The Morgan fingerprint density at radius 1 is 0.971 bits per heavy atom. The predicted molar refractivity (Wildman–Crippen MR) is 133 cm³/mol. The fourth-order valence-corrected chi connectivity index (χ4v) is 3.65. The standard InChI is InChI=1S/C22H18Cl2N8O2/c23-13-4-5-14(16(24)11-13)20-15(17-3-1-2-8-26-17)12-29-22(31-20)28-10-9-27-19-7-6-18(32(33)34)21(25)30-19/h1-8,11-12H,9-10H2,(H3,25,27,30)(H,28,29,31). The third-order valence-corrected chi connectivity index (χ3v) is 5.28. The molecule has 0 aliphatic heterocycles. The van der Waals surface area contributed by atoms with Crippen LogP contribution >= 0.6 is 23.2 Å². The van der Waals surface area contributed by atoms with E-state index in [-0.39, 0.29) is 11.5 Å². The maximum atomic E-state index is 10.9. The lowest BCUT2D eigenvalue weighted by molar-refractivity contribution is -0.384. The molecule has 3 heterocycles. The van der Waals surface area contributed by atoms with E-state index in [2.05, 4.69) is 30.6 Å². The first-order chi connectivity index (χ1) is 16.4. The van der Waals surface area contributed by atoms with Gasteiger partial charge in [0.15, 0.2) is 0 Å². The van der Waals surface area contributed by atoms with Crippen molar-refractivity contribution in [2.24, 2.45) is 0 Å². The van der Waals surface area contributed by atoms with Crippen molar-refractivity contribution in [1.29, 1.82) is 0 Å². The second kappa shape index (κ2) is 10.3. The lowest BCUT2D eigenvalue weighted by Crippen LogP contribution is -2.16. The third kappa shape index (κ3) is 5.30. The molecular weight excluding hydrogens is 479 g/mol. The van der Waals surface area contributed by atoms with Gasteiger partial charge in [-0.1, -0.05) is 29.3 Å². The Morgan fingerprint density at radius 2 is 1.79 bits per heavy atom. The van der Waals surface area contributed by atoms with Crippen LogP contribution in [0.2, 0.25) is 10.0 Å². The summed E-state index contributed by atoms with van der Waals surface area (Å²) in [6, 6.07) is 13.6. The van der Waals surface area contributed by atoms with Gasteiger partial charge in [-0.3, -0.25) is 15.1 Å². The number of halogens is 2. The molecule has 0 saturated heterocycles. The molecule has 34 heavy (non-hydrogen) atoms. The number of rotatable bonds is 8. The molecule has 0 atom stereocenters. The fourth-order valence-electron chi connectivity index (χ4n) is 3.15. The lowest BCUT2D eigenvalue weighted by Gasteiger charge is -2.13. The molecule has 172 valence electrons. The van der Waals surface area contributed by atoms with Crippen molar-refractivity contribution in [2.45, 2.75) is 0 Å². The van der Waals surface area contributed by atoms with Crippen LogP contribution in [0.4, 0.5) is 23.3 Å². The van der Waals surface area contributed by atoms with E-state index in [1.165, 1.54) is 12.1 Å². The maximum Gasteiger partial charge on any atom is 0.311 e. The molecule has 4 rings (SSSR count). The summed E-state index contributed by atoms with van der Waals surface area (Å²) in [6.07, 6.45) is 3.38. The Morgan fingerprint density at radius 3 is 2.50 bits per heavy atom. The number of nitrogens with zero attached hydrogens (tertiary/aromatic N) is 5. The van der Waals surface area contributed by atoms with Crippen molar-refractivity contribution in [3.63, 3.8) is 0 Å². The van der Waals surface area contributed by atoms with Gasteiger partial charge in [-0.25, -0.2) is 15.0 Å². The Bertz CT molecular complexity index is 1340. The zero-order chi connectivity index (χ0) is 24.1. The largest absolute Gasteiger partial charge is 0.378 e. The van der Waals surface area contributed by atoms with Gasteiger partial charge in [0.05, 0.1) is 21.3 Å². The van der Waals surface area contributed by atoms with E-state index in [9.17, 15) is 10.1 Å². The van der Waals surface area contributed by atoms with Gasteiger partial charge >= 0.3 is 5.69 Å². The van der Waals surface area contributed by atoms with Crippen LogP contribution in [0.5, 0.6) is 0 Å². The van der Waals surface area contributed by atoms with Gasteiger partial charge in [-0.2, -0.15) is 0 Å². The molecule has 0 aliphatic carbocycles. The number of hydrogen-bond donors (Lipinski definition) is 3. The second-order valence-corrected chi connectivity index (χ2v) is 7.85. The normalized spacial score (nSPS) is 10.6. The molecule has 0 amide bonds. The Kier molecular flexibility index (Phi) is 7.00. The van der Waals surface area contributed by atoms with Crippen LogP contribution in [0, 0.1) is 10.1 Å². The Labute approximate surface area is 204 Å². The van der Waals surface area contributed by atoms with Gasteiger partial charge in [0.25, 0.3) is 0 Å². The van der Waals surface area contributed by atoms with E-state index in [1.807, 2.05) is 18.2 Å². The van der Waals surface area contributed by atoms with Crippen LogP contribution in [0.25, 0.3) is 22.5 Å². The predicted octanol–water partition coefficient (Wildman–Crippen LogP) is 4.92. The van der Waals surface area contributed by atoms with Gasteiger partial charge in [-0.05, 0) is 36.4 Å². The molecule has 12 heteroatoms. The minimum absolute atomic E-state index is 0.152. The van der Waals surface area contributed by atoms with Crippen LogP contribution in [0.3, 0.4) is 0 Å². The van der Waals surface area contributed by atoms with Crippen molar-refractivity contribution >= 4 is 46.5 Å². The average Bonchev–Trinajstić information content (AvgIpc) is 2.82. The van der Waals surface area contributed by atoms with Crippen LogP contribution in [0.1, 0.15) is 0 Å². The first kappa shape index (κ1) is 23.1. The number of nitro groups is 1. The topological polar surface area (TPSA) is 145 Å². The smallest absolute Gasteiger partial charge is 0.311 e. The third-order valence-electron chi connectivity index (χ3n) is 4.73. The highest BCUT2D eigenvalue weighted by molar-refractivity contribution is 6.36. The van der Waals surface area contributed by atoms with E-state index in [4.69, 9.17) is 28.9 Å². The molecule has 0 unspecified atom stereocenters. The number of pyridine rings is 2. The van der Waals surface area contributed by atoms with Crippen molar-refractivity contribution in [1.82, 2.24) is 19.9 Å². The first-order valence-electron chi connectivity index (χ1n) is 10.0. The number of anilines is 3. The summed E-state index contributed by atoms with van der Waals surface area (Å²) in [7, 11) is 0.